The Bertz CT molecular complexity index is 541. The van der Waals surface area contributed by atoms with E-state index >= 15 is 0 Å². The highest BCUT2D eigenvalue weighted by molar-refractivity contribution is 6.07. The highest BCUT2D eigenvalue weighted by Gasteiger charge is 2.30. The zero-order chi connectivity index (χ0) is 13.3. The van der Waals surface area contributed by atoms with Gasteiger partial charge in [-0.25, -0.2) is 0 Å². The van der Waals surface area contributed by atoms with E-state index in [1.54, 1.807) is 19.1 Å². The first-order valence-electron chi connectivity index (χ1n) is 6.12. The third kappa shape index (κ3) is 2.21. The largest absolute Gasteiger partial charge is 0.326 e. The van der Waals surface area contributed by atoms with E-state index in [9.17, 15) is 9.59 Å². The molecule has 0 saturated heterocycles. The molecule has 0 saturated carbocycles. The molecule has 18 heavy (non-hydrogen) atoms. The van der Waals surface area contributed by atoms with Crippen LogP contribution < -0.4 is 5.32 Å². The average molecular weight is 243 g/mol. The van der Waals surface area contributed by atoms with Gasteiger partial charge in [-0.05, 0) is 37.6 Å². The van der Waals surface area contributed by atoms with Gasteiger partial charge in [0, 0.05) is 23.1 Å². The highest BCUT2D eigenvalue weighted by atomic mass is 16.1. The maximum atomic E-state index is 12.2. The Labute approximate surface area is 107 Å². The number of hydrogen-bond donors (Lipinski definition) is 1. The maximum Gasteiger partial charge on any atom is 0.224 e. The second kappa shape index (κ2) is 4.41. The molecule has 3 nitrogen and oxygen atoms in total. The number of carbonyl (C=O) groups excluding carboxylic acids is 2. The fraction of sp³-hybridized carbons (Fsp3) is 0.333. The molecule has 2 rings (SSSR count). The van der Waals surface area contributed by atoms with Crippen LogP contribution >= 0.6 is 0 Å². The van der Waals surface area contributed by atoms with Gasteiger partial charge in [0.25, 0.3) is 0 Å². The van der Waals surface area contributed by atoms with Crippen molar-refractivity contribution in [3.63, 3.8) is 0 Å². The molecule has 0 aliphatic heterocycles. The van der Waals surface area contributed by atoms with Crippen LogP contribution in [-0.4, -0.2) is 11.7 Å². The Hall–Kier alpha value is -1.90. The fourth-order valence-electron chi connectivity index (χ4n) is 1.96. The van der Waals surface area contributed by atoms with E-state index in [0.717, 1.165) is 16.8 Å². The minimum atomic E-state index is -0.443. The summed E-state index contributed by atoms with van der Waals surface area (Å²) in [6.45, 7) is 5.61. The molecule has 3 heteroatoms. The van der Waals surface area contributed by atoms with Crippen molar-refractivity contribution >= 4 is 23.5 Å². The monoisotopic (exact) mass is 243 g/mol. The molecule has 0 spiro atoms. The Balaban J connectivity index is 2.35. The van der Waals surface area contributed by atoms with Gasteiger partial charge in [0.2, 0.25) is 5.91 Å². The Morgan fingerprint density at radius 1 is 1.33 bits per heavy atom. The minimum Gasteiger partial charge on any atom is -0.326 e. The molecule has 0 atom stereocenters. The lowest BCUT2D eigenvalue weighted by Gasteiger charge is -2.24. The number of benzene rings is 1. The molecule has 0 fully saturated rings. The number of hydrogen-bond acceptors (Lipinski definition) is 2. The smallest absolute Gasteiger partial charge is 0.224 e. The van der Waals surface area contributed by atoms with Gasteiger partial charge in [0.1, 0.15) is 0 Å². The van der Waals surface area contributed by atoms with Crippen molar-refractivity contribution in [1.29, 1.82) is 0 Å². The van der Waals surface area contributed by atoms with Gasteiger partial charge in [-0.3, -0.25) is 9.59 Å². The van der Waals surface area contributed by atoms with Crippen LogP contribution in [0, 0.1) is 5.41 Å². The Kier molecular flexibility index (Phi) is 3.07. The van der Waals surface area contributed by atoms with Crippen LogP contribution in [0.1, 0.15) is 43.1 Å². The van der Waals surface area contributed by atoms with E-state index in [0.29, 0.717) is 6.42 Å². The van der Waals surface area contributed by atoms with Gasteiger partial charge in [-0.15, -0.1) is 0 Å². The Morgan fingerprint density at radius 3 is 2.72 bits per heavy atom. The van der Waals surface area contributed by atoms with Gasteiger partial charge in [0.05, 0.1) is 0 Å². The zero-order valence-corrected chi connectivity index (χ0v) is 10.9. The van der Waals surface area contributed by atoms with Gasteiger partial charge < -0.3 is 5.32 Å². The summed E-state index contributed by atoms with van der Waals surface area (Å²) >= 11 is 0. The van der Waals surface area contributed by atoms with E-state index in [1.165, 1.54) is 0 Å². The van der Waals surface area contributed by atoms with Gasteiger partial charge in [0.15, 0.2) is 5.78 Å². The molecular weight excluding hydrogens is 226 g/mol. The van der Waals surface area contributed by atoms with Crippen LogP contribution in [0.2, 0.25) is 0 Å². The van der Waals surface area contributed by atoms with Crippen LogP contribution in [0.4, 0.5) is 5.69 Å². The van der Waals surface area contributed by atoms with Crippen LogP contribution in [0.5, 0.6) is 0 Å². The minimum absolute atomic E-state index is 0.0265. The second-order valence-electron chi connectivity index (χ2n) is 5.09. The van der Waals surface area contributed by atoms with Crippen molar-refractivity contribution < 1.29 is 9.59 Å². The molecule has 1 aliphatic carbocycles. The van der Waals surface area contributed by atoms with Crippen molar-refractivity contribution in [2.45, 2.75) is 27.2 Å². The Morgan fingerprint density at radius 2 is 2.06 bits per heavy atom. The summed E-state index contributed by atoms with van der Waals surface area (Å²) in [5.74, 6) is 0.0924. The van der Waals surface area contributed by atoms with E-state index in [2.05, 4.69) is 5.32 Å². The molecule has 1 aromatic rings. The first-order chi connectivity index (χ1) is 8.44. The predicted molar refractivity (Wildman–Crippen MR) is 72.5 cm³/mol. The standard InChI is InChI=1S/C15H17NO2/c1-4-13(17)16-11-5-6-12-10(9-11)7-8-15(2,3)14(12)18/h5-9H,4H2,1-3H3,(H,16,17). The normalized spacial score (nSPS) is 16.3. The summed E-state index contributed by atoms with van der Waals surface area (Å²) in [6, 6.07) is 5.40. The van der Waals surface area contributed by atoms with Crippen molar-refractivity contribution in [3.8, 4) is 0 Å². The lowest BCUT2D eigenvalue weighted by molar-refractivity contribution is -0.115. The van der Waals surface area contributed by atoms with Crippen LogP contribution in [0.15, 0.2) is 24.3 Å². The van der Waals surface area contributed by atoms with Crippen LogP contribution in [-0.2, 0) is 4.79 Å². The molecule has 1 aliphatic rings. The maximum absolute atomic E-state index is 12.2. The van der Waals surface area contributed by atoms with E-state index in [4.69, 9.17) is 0 Å². The summed E-state index contributed by atoms with van der Waals surface area (Å²) in [4.78, 5) is 23.5. The molecule has 0 bridgehead atoms. The third-order valence-electron chi connectivity index (χ3n) is 3.17. The number of anilines is 1. The molecule has 0 unspecified atom stereocenters. The number of carbonyl (C=O) groups is 2. The number of allylic oxidation sites excluding steroid dienone is 1. The van der Waals surface area contributed by atoms with Crippen LogP contribution in [0.25, 0.3) is 6.08 Å². The predicted octanol–water partition coefficient (Wildman–Crippen LogP) is 3.27. The van der Waals surface area contributed by atoms with E-state index in [-0.39, 0.29) is 11.7 Å². The number of fused-ring (bicyclic) bond motifs is 1. The van der Waals surface area contributed by atoms with Crippen molar-refractivity contribution in [2.24, 2.45) is 5.41 Å². The zero-order valence-electron chi connectivity index (χ0n) is 10.9. The molecule has 0 heterocycles. The molecule has 0 aromatic heterocycles. The summed E-state index contributed by atoms with van der Waals surface area (Å²) < 4.78 is 0. The summed E-state index contributed by atoms with van der Waals surface area (Å²) in [5, 5.41) is 2.79. The lowest BCUT2D eigenvalue weighted by Crippen LogP contribution is -2.25. The first-order valence-corrected chi connectivity index (χ1v) is 6.12. The molecular formula is C15H17NO2. The number of amides is 1. The quantitative estimate of drug-likeness (QED) is 0.866. The summed E-state index contributed by atoms with van der Waals surface area (Å²) in [6.07, 6.45) is 4.29. The topological polar surface area (TPSA) is 46.2 Å². The molecule has 1 aromatic carbocycles. The van der Waals surface area contributed by atoms with Crippen LogP contribution in [0.3, 0.4) is 0 Å². The van der Waals surface area contributed by atoms with E-state index in [1.807, 2.05) is 32.1 Å². The highest BCUT2D eigenvalue weighted by Crippen LogP contribution is 2.32. The second-order valence-corrected chi connectivity index (χ2v) is 5.09. The van der Waals surface area contributed by atoms with Crippen molar-refractivity contribution in [1.82, 2.24) is 0 Å². The number of Topliss-reactive ketones (excluding diaryl/α,β-unsaturated/α-hetero) is 1. The van der Waals surface area contributed by atoms with E-state index < -0.39 is 5.41 Å². The third-order valence-corrected chi connectivity index (χ3v) is 3.17. The summed E-state index contributed by atoms with van der Waals surface area (Å²) in [5.41, 5.74) is 1.88. The lowest BCUT2D eigenvalue weighted by atomic mass is 9.78. The van der Waals surface area contributed by atoms with Gasteiger partial charge >= 0.3 is 0 Å². The van der Waals surface area contributed by atoms with Gasteiger partial charge in [-0.1, -0.05) is 19.1 Å². The first kappa shape index (κ1) is 12.6. The number of ketones is 1. The molecule has 0 radical (unpaired) electrons. The van der Waals surface area contributed by atoms with Crippen molar-refractivity contribution in [2.75, 3.05) is 5.32 Å². The summed E-state index contributed by atoms with van der Waals surface area (Å²) in [7, 11) is 0. The average Bonchev–Trinajstić information content (AvgIpc) is 2.34. The SMILES string of the molecule is CCC(=O)Nc1ccc2c(c1)C=CC(C)(C)C2=O. The molecule has 1 amide bonds. The number of rotatable bonds is 2. The molecule has 94 valence electrons. The van der Waals surface area contributed by atoms with Gasteiger partial charge in [-0.2, -0.15) is 0 Å². The fourth-order valence-corrected chi connectivity index (χ4v) is 1.96. The number of nitrogens with one attached hydrogen (secondary N) is 1. The van der Waals surface area contributed by atoms with Crippen molar-refractivity contribution in [3.05, 3.63) is 35.4 Å². The molecule has 1 N–H and O–H groups in total.